The van der Waals surface area contributed by atoms with Gasteiger partial charge in [0.2, 0.25) is 0 Å². The summed E-state index contributed by atoms with van der Waals surface area (Å²) >= 11 is 0. The molecule has 22 heavy (non-hydrogen) atoms. The lowest BCUT2D eigenvalue weighted by atomic mass is 9.64. The van der Waals surface area contributed by atoms with Gasteiger partial charge in [-0.25, -0.2) is 0 Å². The van der Waals surface area contributed by atoms with Crippen LogP contribution in [0.5, 0.6) is 0 Å². The number of hydrogen-bond acceptors (Lipinski definition) is 2. The molecule has 2 nitrogen and oxygen atoms in total. The van der Waals surface area contributed by atoms with Gasteiger partial charge in [0, 0.05) is 5.92 Å². The van der Waals surface area contributed by atoms with Gasteiger partial charge in [0.05, 0.1) is 11.7 Å². The molecular formula is C20H34O2. The highest BCUT2D eigenvalue weighted by molar-refractivity contribution is 5.25. The van der Waals surface area contributed by atoms with E-state index in [1.807, 2.05) is 6.92 Å². The standard InChI is InChI=1S/C20H34O2/c1-12(2)14-6-8-19(4)11-15-13(3)10-17(21)18(15)20(5,22)9-7-16(14)19/h7,12-15,17-18,21-22H,6,8-11H2,1-5H3/t13-,14-,15-,17-,18+,19-,20+/m0/s1. The summed E-state index contributed by atoms with van der Waals surface area (Å²) in [4.78, 5) is 0. The van der Waals surface area contributed by atoms with Crippen molar-refractivity contribution < 1.29 is 10.2 Å². The normalized spacial score (nSPS) is 52.0. The maximum atomic E-state index is 11.1. The Morgan fingerprint density at radius 1 is 1.27 bits per heavy atom. The number of allylic oxidation sites excluding steroid dienone is 1. The third kappa shape index (κ3) is 2.47. The van der Waals surface area contributed by atoms with E-state index in [2.05, 4.69) is 33.8 Å². The average Bonchev–Trinajstić information content (AvgIpc) is 2.84. The minimum atomic E-state index is -0.771. The first kappa shape index (κ1) is 16.5. The molecule has 0 spiro atoms. The van der Waals surface area contributed by atoms with Gasteiger partial charge in [0.25, 0.3) is 0 Å². The van der Waals surface area contributed by atoms with Gasteiger partial charge >= 0.3 is 0 Å². The zero-order valence-electron chi connectivity index (χ0n) is 15.0. The molecule has 0 heterocycles. The first-order valence-corrected chi connectivity index (χ1v) is 9.27. The van der Waals surface area contributed by atoms with Crippen molar-refractivity contribution >= 4 is 0 Å². The molecule has 0 aliphatic heterocycles. The van der Waals surface area contributed by atoms with Crippen molar-refractivity contribution in [2.45, 2.75) is 78.4 Å². The minimum Gasteiger partial charge on any atom is -0.393 e. The van der Waals surface area contributed by atoms with Crippen LogP contribution in [-0.4, -0.2) is 21.9 Å². The highest BCUT2D eigenvalue weighted by Crippen LogP contribution is 2.58. The predicted octanol–water partition coefficient (Wildman–Crippen LogP) is 4.16. The van der Waals surface area contributed by atoms with Crippen LogP contribution in [0.1, 0.15) is 66.7 Å². The highest BCUT2D eigenvalue weighted by atomic mass is 16.3. The summed E-state index contributed by atoms with van der Waals surface area (Å²) < 4.78 is 0. The number of aliphatic hydroxyl groups is 2. The van der Waals surface area contributed by atoms with Gasteiger partial charge < -0.3 is 10.2 Å². The van der Waals surface area contributed by atoms with E-state index in [1.165, 1.54) is 12.8 Å². The zero-order valence-corrected chi connectivity index (χ0v) is 15.0. The fourth-order valence-electron chi connectivity index (χ4n) is 6.05. The molecule has 3 aliphatic rings. The lowest BCUT2D eigenvalue weighted by Crippen LogP contribution is -2.45. The van der Waals surface area contributed by atoms with Gasteiger partial charge in [-0.15, -0.1) is 0 Å². The summed E-state index contributed by atoms with van der Waals surface area (Å²) in [5, 5.41) is 21.6. The molecule has 126 valence electrons. The molecular weight excluding hydrogens is 272 g/mol. The lowest BCUT2D eigenvalue weighted by Gasteiger charge is -2.43. The lowest BCUT2D eigenvalue weighted by molar-refractivity contribution is -0.0695. The average molecular weight is 306 g/mol. The molecule has 3 rings (SSSR count). The van der Waals surface area contributed by atoms with E-state index in [1.54, 1.807) is 5.57 Å². The van der Waals surface area contributed by atoms with Crippen LogP contribution in [-0.2, 0) is 0 Å². The SMILES string of the molecule is CC(C)[C@@H]1CC[C@@]2(C)C[C@@H]3[C@H]([C@@H](O)C[C@@H]3C)[C@](C)(O)CC=C12. The molecule has 2 heteroatoms. The molecule has 7 atom stereocenters. The molecule has 2 fully saturated rings. The van der Waals surface area contributed by atoms with Crippen LogP contribution in [0.15, 0.2) is 11.6 Å². The van der Waals surface area contributed by atoms with E-state index in [0.29, 0.717) is 30.1 Å². The molecule has 0 saturated heterocycles. The topological polar surface area (TPSA) is 40.5 Å². The number of aliphatic hydroxyl groups excluding tert-OH is 1. The fraction of sp³-hybridized carbons (Fsp3) is 0.900. The Balaban J connectivity index is 2.01. The van der Waals surface area contributed by atoms with Crippen LogP contribution in [0.2, 0.25) is 0 Å². The van der Waals surface area contributed by atoms with Crippen molar-refractivity contribution in [2.24, 2.45) is 35.0 Å². The summed E-state index contributed by atoms with van der Waals surface area (Å²) in [6.07, 6.45) is 7.27. The van der Waals surface area contributed by atoms with Crippen LogP contribution >= 0.6 is 0 Å². The number of rotatable bonds is 1. The van der Waals surface area contributed by atoms with Crippen LogP contribution in [0.25, 0.3) is 0 Å². The Hall–Kier alpha value is -0.340. The van der Waals surface area contributed by atoms with Crippen molar-refractivity contribution in [3.8, 4) is 0 Å². The van der Waals surface area contributed by atoms with Crippen molar-refractivity contribution in [3.63, 3.8) is 0 Å². The Bertz CT molecular complexity index is 464. The Labute approximate surface area is 136 Å². The van der Waals surface area contributed by atoms with Crippen molar-refractivity contribution in [1.82, 2.24) is 0 Å². The second-order valence-electron chi connectivity index (χ2n) is 9.34. The quantitative estimate of drug-likeness (QED) is 0.714. The first-order valence-electron chi connectivity index (χ1n) is 9.27. The van der Waals surface area contributed by atoms with Gasteiger partial charge in [0.15, 0.2) is 0 Å². The molecule has 2 N–H and O–H groups in total. The van der Waals surface area contributed by atoms with Gasteiger partial charge in [-0.1, -0.05) is 39.3 Å². The van der Waals surface area contributed by atoms with E-state index in [4.69, 9.17) is 0 Å². The molecule has 3 aliphatic carbocycles. The highest BCUT2D eigenvalue weighted by Gasteiger charge is 2.54. The molecule has 0 amide bonds. The fourth-order valence-corrected chi connectivity index (χ4v) is 6.05. The number of hydrogen-bond donors (Lipinski definition) is 2. The molecule has 0 aromatic rings. The largest absolute Gasteiger partial charge is 0.393 e. The maximum absolute atomic E-state index is 11.1. The van der Waals surface area contributed by atoms with Crippen LogP contribution in [0.3, 0.4) is 0 Å². The van der Waals surface area contributed by atoms with Gasteiger partial charge in [-0.3, -0.25) is 0 Å². The second kappa shape index (κ2) is 5.34. The first-order chi connectivity index (χ1) is 10.2. The molecule has 0 radical (unpaired) electrons. The summed E-state index contributed by atoms with van der Waals surface area (Å²) in [7, 11) is 0. The van der Waals surface area contributed by atoms with Gasteiger partial charge in [-0.05, 0) is 68.1 Å². The van der Waals surface area contributed by atoms with Crippen molar-refractivity contribution in [2.75, 3.05) is 0 Å². The van der Waals surface area contributed by atoms with E-state index >= 15 is 0 Å². The third-order valence-corrected chi connectivity index (χ3v) is 7.27. The third-order valence-electron chi connectivity index (χ3n) is 7.27. The molecule has 0 bridgehead atoms. The van der Waals surface area contributed by atoms with E-state index in [-0.39, 0.29) is 17.4 Å². The molecule has 0 aromatic heterocycles. The predicted molar refractivity (Wildman–Crippen MR) is 90.4 cm³/mol. The molecule has 2 saturated carbocycles. The van der Waals surface area contributed by atoms with E-state index in [9.17, 15) is 10.2 Å². The van der Waals surface area contributed by atoms with E-state index in [0.717, 1.165) is 12.8 Å². The summed E-state index contributed by atoms with van der Waals surface area (Å²) in [6, 6.07) is 0. The van der Waals surface area contributed by atoms with Crippen molar-refractivity contribution in [1.29, 1.82) is 0 Å². The Kier molecular flexibility index (Phi) is 4.01. The second-order valence-corrected chi connectivity index (χ2v) is 9.34. The smallest absolute Gasteiger partial charge is 0.0709 e. The van der Waals surface area contributed by atoms with Crippen LogP contribution < -0.4 is 0 Å². The molecule has 0 aromatic carbocycles. The van der Waals surface area contributed by atoms with Crippen LogP contribution in [0, 0.1) is 35.0 Å². The summed E-state index contributed by atoms with van der Waals surface area (Å²) in [5.74, 6) is 2.36. The van der Waals surface area contributed by atoms with Crippen LogP contribution in [0.4, 0.5) is 0 Å². The van der Waals surface area contributed by atoms with Crippen molar-refractivity contribution in [3.05, 3.63) is 11.6 Å². The van der Waals surface area contributed by atoms with Gasteiger partial charge in [0.1, 0.15) is 0 Å². The van der Waals surface area contributed by atoms with Gasteiger partial charge in [-0.2, -0.15) is 0 Å². The number of fused-ring (bicyclic) bond motifs is 2. The summed E-state index contributed by atoms with van der Waals surface area (Å²) in [6.45, 7) is 11.3. The minimum absolute atomic E-state index is 0.0372. The monoisotopic (exact) mass is 306 g/mol. The van der Waals surface area contributed by atoms with E-state index < -0.39 is 5.60 Å². The Morgan fingerprint density at radius 3 is 2.59 bits per heavy atom. The zero-order chi connectivity index (χ0) is 16.3. The molecule has 0 unspecified atom stereocenters. The maximum Gasteiger partial charge on any atom is 0.0709 e. The Morgan fingerprint density at radius 2 is 1.95 bits per heavy atom. The summed E-state index contributed by atoms with van der Waals surface area (Å²) in [5.41, 5.74) is 1.12.